The second-order valence-electron chi connectivity index (χ2n) is 8.80. The molecule has 8 heteroatoms. The average Bonchev–Trinajstić information content (AvgIpc) is 2.63. The van der Waals surface area contributed by atoms with E-state index in [1.165, 1.54) is 0 Å². The Labute approximate surface area is 178 Å². The summed E-state index contributed by atoms with van der Waals surface area (Å²) >= 11 is 0. The highest BCUT2D eigenvalue weighted by molar-refractivity contribution is 5.75. The lowest BCUT2D eigenvalue weighted by atomic mass is 9.94. The summed E-state index contributed by atoms with van der Waals surface area (Å²) in [6.45, 7) is 12.6. The Morgan fingerprint density at radius 1 is 1.27 bits per heavy atom. The van der Waals surface area contributed by atoms with Gasteiger partial charge in [0, 0.05) is 13.1 Å². The number of hydrogen-bond donors (Lipinski definition) is 3. The Kier molecular flexibility index (Phi) is 8.09. The minimum atomic E-state index is -0.594. The summed E-state index contributed by atoms with van der Waals surface area (Å²) in [5, 5.41) is 15.5. The first-order chi connectivity index (χ1) is 14.0. The summed E-state index contributed by atoms with van der Waals surface area (Å²) in [7, 11) is 0. The lowest BCUT2D eigenvalue weighted by Gasteiger charge is -2.36. The molecule has 2 atom stereocenters. The van der Waals surface area contributed by atoms with Crippen molar-refractivity contribution in [3.8, 4) is 0 Å². The van der Waals surface area contributed by atoms with Crippen LogP contribution in [0.5, 0.6) is 0 Å². The third-order valence-corrected chi connectivity index (χ3v) is 4.93. The zero-order chi connectivity index (χ0) is 22.5. The fourth-order valence-corrected chi connectivity index (χ4v) is 3.75. The van der Waals surface area contributed by atoms with Crippen LogP contribution in [0.15, 0.2) is 12.1 Å². The summed E-state index contributed by atoms with van der Waals surface area (Å²) in [6, 6.07) is 2.80. The maximum Gasteiger partial charge on any atom is 0.410 e. The predicted octanol–water partition coefficient (Wildman–Crippen LogP) is 2.58. The highest BCUT2D eigenvalue weighted by Crippen LogP contribution is 2.23. The zero-order valence-corrected chi connectivity index (χ0v) is 18.9. The van der Waals surface area contributed by atoms with Crippen LogP contribution in [0.25, 0.3) is 0 Å². The number of urea groups is 1. The Morgan fingerprint density at radius 2 is 1.90 bits per heavy atom. The van der Waals surface area contributed by atoms with Crippen molar-refractivity contribution >= 4 is 12.1 Å². The molecule has 0 aliphatic carbocycles. The summed E-state index contributed by atoms with van der Waals surface area (Å²) < 4.78 is 10.9. The number of amides is 3. The Bertz CT molecular complexity index is 737. The van der Waals surface area contributed by atoms with Gasteiger partial charge in [0.05, 0.1) is 31.9 Å². The lowest BCUT2D eigenvalue weighted by molar-refractivity contribution is -0.0312. The fraction of sp³-hybridized carbons (Fsp3) is 0.636. The van der Waals surface area contributed by atoms with Crippen LogP contribution < -0.4 is 10.6 Å². The number of nitrogens with zero attached hydrogens (tertiary/aromatic N) is 1. The van der Waals surface area contributed by atoms with E-state index in [0.29, 0.717) is 19.8 Å². The number of carbonyl (C=O) groups is 2. The largest absolute Gasteiger partial charge is 0.444 e. The van der Waals surface area contributed by atoms with Crippen molar-refractivity contribution < 1.29 is 24.2 Å². The number of ether oxygens (including phenoxy) is 2. The van der Waals surface area contributed by atoms with Crippen molar-refractivity contribution in [2.45, 2.75) is 59.2 Å². The molecule has 2 unspecified atom stereocenters. The molecule has 3 N–H and O–H groups in total. The van der Waals surface area contributed by atoms with Gasteiger partial charge in [0.25, 0.3) is 0 Å². The van der Waals surface area contributed by atoms with E-state index < -0.39 is 23.8 Å². The van der Waals surface area contributed by atoms with E-state index >= 15 is 0 Å². The molecule has 3 amide bonds. The number of carbonyl (C=O) groups excluding carboxylic acids is 2. The molecule has 2 rings (SSSR count). The van der Waals surface area contributed by atoms with Crippen LogP contribution >= 0.6 is 0 Å². The molecule has 1 heterocycles. The number of aliphatic hydroxyl groups excluding tert-OH is 1. The van der Waals surface area contributed by atoms with Crippen LogP contribution in [-0.2, 0) is 9.47 Å². The van der Waals surface area contributed by atoms with E-state index in [9.17, 15) is 14.7 Å². The molecule has 0 saturated carbocycles. The molecule has 0 spiro atoms. The van der Waals surface area contributed by atoms with Gasteiger partial charge in [0.15, 0.2) is 0 Å². The van der Waals surface area contributed by atoms with Gasteiger partial charge in [0.2, 0.25) is 0 Å². The molecule has 30 heavy (non-hydrogen) atoms. The van der Waals surface area contributed by atoms with Crippen molar-refractivity contribution in [1.82, 2.24) is 15.5 Å². The Hall–Kier alpha value is -2.32. The molecule has 0 radical (unpaired) electrons. The van der Waals surface area contributed by atoms with Gasteiger partial charge in [-0.3, -0.25) is 4.90 Å². The van der Waals surface area contributed by atoms with Crippen LogP contribution in [0.4, 0.5) is 9.59 Å². The molecule has 1 aromatic rings. The van der Waals surface area contributed by atoms with Crippen molar-refractivity contribution in [3.63, 3.8) is 0 Å². The number of benzene rings is 1. The van der Waals surface area contributed by atoms with Crippen LogP contribution in [-0.4, -0.2) is 66.7 Å². The minimum Gasteiger partial charge on any atom is -0.444 e. The van der Waals surface area contributed by atoms with Gasteiger partial charge in [0.1, 0.15) is 5.60 Å². The van der Waals surface area contributed by atoms with Gasteiger partial charge in [-0.25, -0.2) is 9.59 Å². The topological polar surface area (TPSA) is 100 Å². The van der Waals surface area contributed by atoms with E-state index in [1.54, 1.807) is 4.90 Å². The summed E-state index contributed by atoms with van der Waals surface area (Å²) in [5.74, 6) is 0. The molecule has 1 aromatic carbocycles. The monoisotopic (exact) mass is 421 g/mol. The van der Waals surface area contributed by atoms with Gasteiger partial charge in [-0.05, 0) is 58.2 Å². The number of morpholine rings is 1. The molecule has 1 fully saturated rings. The van der Waals surface area contributed by atoms with E-state index in [0.717, 1.165) is 22.3 Å². The molecule has 1 aliphatic rings. The molecule has 168 valence electrons. The maximum atomic E-state index is 12.5. The Balaban J connectivity index is 1.99. The quantitative estimate of drug-likeness (QED) is 0.679. The zero-order valence-electron chi connectivity index (χ0n) is 18.9. The summed E-state index contributed by atoms with van der Waals surface area (Å²) in [4.78, 5) is 26.6. The fourth-order valence-electron chi connectivity index (χ4n) is 3.75. The highest BCUT2D eigenvalue weighted by Gasteiger charge is 2.31. The molecule has 8 nitrogen and oxygen atoms in total. The molecule has 0 bridgehead atoms. The van der Waals surface area contributed by atoms with E-state index in [1.807, 2.05) is 53.7 Å². The van der Waals surface area contributed by atoms with E-state index in [2.05, 4.69) is 10.6 Å². The number of aliphatic hydroxyl groups is 1. The normalized spacial score (nSPS) is 18.0. The molecule has 0 aromatic heterocycles. The van der Waals surface area contributed by atoms with Gasteiger partial charge in [-0.1, -0.05) is 17.7 Å². The summed E-state index contributed by atoms with van der Waals surface area (Å²) in [6.07, 6.45) is -0.419. The number of hydrogen-bond acceptors (Lipinski definition) is 5. The number of nitrogens with one attached hydrogen (secondary N) is 2. The van der Waals surface area contributed by atoms with Crippen LogP contribution in [0.2, 0.25) is 0 Å². The maximum absolute atomic E-state index is 12.5. The second kappa shape index (κ2) is 10.1. The lowest BCUT2D eigenvalue weighted by Crippen LogP contribution is -2.55. The van der Waals surface area contributed by atoms with Crippen molar-refractivity contribution in [1.29, 1.82) is 0 Å². The second-order valence-corrected chi connectivity index (χ2v) is 8.80. The first-order valence-electron chi connectivity index (χ1n) is 10.3. The number of rotatable bonds is 5. The van der Waals surface area contributed by atoms with Crippen molar-refractivity contribution in [3.05, 3.63) is 34.4 Å². The van der Waals surface area contributed by atoms with Crippen LogP contribution in [0.3, 0.4) is 0 Å². The van der Waals surface area contributed by atoms with Crippen molar-refractivity contribution in [2.75, 3.05) is 32.9 Å². The van der Waals surface area contributed by atoms with Gasteiger partial charge in [-0.2, -0.15) is 0 Å². The number of aryl methyl sites for hydroxylation is 3. The molecular weight excluding hydrogens is 386 g/mol. The summed E-state index contributed by atoms with van der Waals surface area (Å²) in [5.41, 5.74) is 3.49. The van der Waals surface area contributed by atoms with Gasteiger partial charge in [-0.15, -0.1) is 0 Å². The van der Waals surface area contributed by atoms with Gasteiger partial charge < -0.3 is 25.2 Å². The van der Waals surface area contributed by atoms with Crippen molar-refractivity contribution in [2.24, 2.45) is 0 Å². The highest BCUT2D eigenvalue weighted by atomic mass is 16.6. The van der Waals surface area contributed by atoms with E-state index in [4.69, 9.17) is 9.47 Å². The van der Waals surface area contributed by atoms with E-state index in [-0.39, 0.29) is 19.2 Å². The molecule has 1 aliphatic heterocycles. The SMILES string of the molecule is Cc1cc(C)c(C(CO)NC(=O)NCC2COCCN2C(=O)OC(C)(C)C)c(C)c1. The molecular formula is C22H35N3O5. The van der Waals surface area contributed by atoms with Gasteiger partial charge >= 0.3 is 12.1 Å². The third-order valence-electron chi connectivity index (χ3n) is 4.93. The average molecular weight is 422 g/mol. The standard InChI is InChI=1S/C22H35N3O5/c1-14-9-15(2)19(16(3)10-14)18(12-26)24-20(27)23-11-17-13-29-8-7-25(17)21(28)30-22(4,5)6/h9-10,17-18,26H,7-8,11-13H2,1-6H3,(H2,23,24,27). The molecule has 1 saturated heterocycles. The minimum absolute atomic E-state index is 0.214. The first-order valence-corrected chi connectivity index (χ1v) is 10.3. The van der Waals surface area contributed by atoms with Crippen LogP contribution in [0, 0.1) is 20.8 Å². The predicted molar refractivity (Wildman–Crippen MR) is 115 cm³/mol. The Morgan fingerprint density at radius 3 is 2.47 bits per heavy atom. The first kappa shape index (κ1) is 24.0. The smallest absolute Gasteiger partial charge is 0.410 e. The van der Waals surface area contributed by atoms with Crippen LogP contribution in [0.1, 0.15) is 49.1 Å². The third kappa shape index (κ3) is 6.60.